The molecule has 1 fully saturated rings. The second-order valence-electron chi connectivity index (χ2n) is 4.13. The van der Waals surface area contributed by atoms with Gasteiger partial charge in [-0.2, -0.15) is 0 Å². The van der Waals surface area contributed by atoms with Gasteiger partial charge in [-0.15, -0.1) is 0 Å². The fourth-order valence-corrected chi connectivity index (χ4v) is 1.78. The summed E-state index contributed by atoms with van der Waals surface area (Å²) in [4.78, 5) is 13.5. The molecule has 1 heterocycles. The van der Waals surface area contributed by atoms with Gasteiger partial charge in [0.05, 0.1) is 19.8 Å². The molecule has 0 unspecified atom stereocenters. The fourth-order valence-electron chi connectivity index (χ4n) is 1.78. The molecule has 0 radical (unpaired) electrons. The molecule has 0 aromatic heterocycles. The lowest BCUT2D eigenvalue weighted by molar-refractivity contribution is -0.119. The number of anilines is 1. The molecule has 1 aromatic rings. The van der Waals surface area contributed by atoms with Crippen molar-refractivity contribution < 1.29 is 14.6 Å². The topological polar surface area (TPSA) is 61.8 Å². The average molecular weight is 236 g/mol. The first kappa shape index (κ1) is 11.9. The fraction of sp³-hybridized carbons (Fsp3) is 0.417. The Hall–Kier alpha value is -1.59. The molecule has 0 spiro atoms. The summed E-state index contributed by atoms with van der Waals surface area (Å²) >= 11 is 0. The quantitative estimate of drug-likeness (QED) is 0.790. The second kappa shape index (κ2) is 5.16. The number of ether oxygens (including phenoxy) is 1. The molecule has 0 aliphatic carbocycles. The van der Waals surface area contributed by atoms with E-state index in [1.807, 2.05) is 23.1 Å². The highest BCUT2D eigenvalue weighted by Crippen LogP contribution is 2.16. The van der Waals surface area contributed by atoms with Crippen LogP contribution >= 0.6 is 0 Å². The Morgan fingerprint density at radius 1 is 1.59 bits per heavy atom. The maximum atomic E-state index is 11.6. The van der Waals surface area contributed by atoms with Gasteiger partial charge in [0.2, 0.25) is 5.91 Å². The van der Waals surface area contributed by atoms with Crippen LogP contribution in [0, 0.1) is 0 Å². The lowest BCUT2D eigenvalue weighted by Crippen LogP contribution is -2.53. The smallest absolute Gasteiger partial charge is 0.238 e. The molecule has 0 atom stereocenters. The zero-order valence-corrected chi connectivity index (χ0v) is 9.72. The number of likely N-dealkylation sites (tertiary alicyclic amines) is 1. The van der Waals surface area contributed by atoms with Gasteiger partial charge in [0.1, 0.15) is 5.75 Å². The Morgan fingerprint density at radius 2 is 2.35 bits per heavy atom. The molecular formula is C12H16N2O3. The standard InChI is InChI=1S/C12H16N2O3/c1-17-11-4-2-3-9(5-11)13-12(16)8-14-6-10(15)7-14/h2-5,10,15H,6-8H2,1H3,(H,13,16). The lowest BCUT2D eigenvalue weighted by atomic mass is 10.2. The van der Waals surface area contributed by atoms with E-state index in [2.05, 4.69) is 5.32 Å². The molecule has 2 rings (SSSR count). The first-order valence-electron chi connectivity index (χ1n) is 5.51. The number of benzene rings is 1. The van der Waals surface area contributed by atoms with Crippen molar-refractivity contribution in [3.05, 3.63) is 24.3 Å². The van der Waals surface area contributed by atoms with E-state index in [9.17, 15) is 4.79 Å². The van der Waals surface area contributed by atoms with Crippen molar-refractivity contribution in [2.24, 2.45) is 0 Å². The van der Waals surface area contributed by atoms with E-state index in [1.165, 1.54) is 0 Å². The predicted molar refractivity (Wildman–Crippen MR) is 64.1 cm³/mol. The van der Waals surface area contributed by atoms with Crippen LogP contribution in [0.2, 0.25) is 0 Å². The Kier molecular flexibility index (Phi) is 3.61. The Balaban J connectivity index is 1.85. The van der Waals surface area contributed by atoms with E-state index in [4.69, 9.17) is 9.84 Å². The first-order chi connectivity index (χ1) is 8.17. The normalized spacial score (nSPS) is 16.4. The van der Waals surface area contributed by atoms with Crippen LogP contribution in [0.1, 0.15) is 0 Å². The number of amides is 1. The molecule has 0 saturated carbocycles. The van der Waals surface area contributed by atoms with Gasteiger partial charge in [0.25, 0.3) is 0 Å². The van der Waals surface area contributed by atoms with Gasteiger partial charge in [-0.1, -0.05) is 6.07 Å². The average Bonchev–Trinajstić information content (AvgIpc) is 2.27. The van der Waals surface area contributed by atoms with Gasteiger partial charge in [-0.3, -0.25) is 9.69 Å². The molecule has 1 aliphatic heterocycles. The summed E-state index contributed by atoms with van der Waals surface area (Å²) < 4.78 is 5.07. The molecule has 5 heteroatoms. The minimum Gasteiger partial charge on any atom is -0.497 e. The van der Waals surface area contributed by atoms with Crippen LogP contribution in [0.25, 0.3) is 0 Å². The number of rotatable bonds is 4. The zero-order chi connectivity index (χ0) is 12.3. The van der Waals surface area contributed by atoms with Crippen LogP contribution in [0.4, 0.5) is 5.69 Å². The summed E-state index contributed by atoms with van der Waals surface area (Å²) in [6, 6.07) is 7.22. The lowest BCUT2D eigenvalue weighted by Gasteiger charge is -2.34. The van der Waals surface area contributed by atoms with Gasteiger partial charge in [-0.05, 0) is 12.1 Å². The number of nitrogens with one attached hydrogen (secondary N) is 1. The van der Waals surface area contributed by atoms with Gasteiger partial charge in [0.15, 0.2) is 0 Å². The molecule has 5 nitrogen and oxygen atoms in total. The van der Waals surface area contributed by atoms with Gasteiger partial charge < -0.3 is 15.2 Å². The van der Waals surface area contributed by atoms with Crippen molar-refractivity contribution >= 4 is 11.6 Å². The SMILES string of the molecule is COc1cccc(NC(=O)CN2CC(O)C2)c1. The Labute approximate surface area is 100.0 Å². The van der Waals surface area contributed by atoms with Crippen LogP contribution < -0.4 is 10.1 Å². The van der Waals surface area contributed by atoms with Gasteiger partial charge in [0, 0.05) is 24.8 Å². The summed E-state index contributed by atoms with van der Waals surface area (Å²) in [5, 5.41) is 11.9. The molecule has 1 amide bonds. The van der Waals surface area contributed by atoms with E-state index in [0.29, 0.717) is 25.4 Å². The molecule has 1 aliphatic rings. The molecular weight excluding hydrogens is 220 g/mol. The van der Waals surface area contributed by atoms with Crippen LogP contribution in [0.3, 0.4) is 0 Å². The highest BCUT2D eigenvalue weighted by atomic mass is 16.5. The Bertz CT molecular complexity index is 402. The summed E-state index contributed by atoms with van der Waals surface area (Å²) in [6.45, 7) is 1.46. The maximum absolute atomic E-state index is 11.6. The van der Waals surface area contributed by atoms with E-state index in [1.54, 1.807) is 13.2 Å². The highest BCUT2D eigenvalue weighted by molar-refractivity contribution is 5.92. The number of hydrogen-bond acceptors (Lipinski definition) is 4. The summed E-state index contributed by atoms with van der Waals surface area (Å²) in [5.41, 5.74) is 0.718. The van der Waals surface area contributed by atoms with Crippen molar-refractivity contribution in [2.75, 3.05) is 32.1 Å². The van der Waals surface area contributed by atoms with Crippen molar-refractivity contribution in [2.45, 2.75) is 6.10 Å². The Morgan fingerprint density at radius 3 is 3.00 bits per heavy atom. The molecule has 17 heavy (non-hydrogen) atoms. The van der Waals surface area contributed by atoms with Crippen LogP contribution in [0.15, 0.2) is 24.3 Å². The van der Waals surface area contributed by atoms with Gasteiger partial charge >= 0.3 is 0 Å². The van der Waals surface area contributed by atoms with Crippen molar-refractivity contribution in [1.82, 2.24) is 4.90 Å². The number of aliphatic hydroxyl groups excluding tert-OH is 1. The number of hydrogen-bond donors (Lipinski definition) is 2. The minimum absolute atomic E-state index is 0.0786. The monoisotopic (exact) mass is 236 g/mol. The molecule has 0 bridgehead atoms. The third kappa shape index (κ3) is 3.18. The second-order valence-corrected chi connectivity index (χ2v) is 4.13. The largest absolute Gasteiger partial charge is 0.497 e. The van der Waals surface area contributed by atoms with Crippen LogP contribution in [-0.4, -0.2) is 48.8 Å². The number of carbonyl (C=O) groups excluding carboxylic acids is 1. The third-order valence-corrected chi connectivity index (χ3v) is 2.66. The summed E-state index contributed by atoms with van der Waals surface area (Å²) in [6.07, 6.45) is -0.278. The number of β-amino-alcohol motifs (C(OH)–C–C–N with tert-alkyl or cyclic N) is 1. The van der Waals surface area contributed by atoms with E-state index < -0.39 is 0 Å². The van der Waals surface area contributed by atoms with E-state index in [0.717, 1.165) is 5.69 Å². The van der Waals surface area contributed by atoms with E-state index in [-0.39, 0.29) is 12.0 Å². The summed E-state index contributed by atoms with van der Waals surface area (Å²) in [7, 11) is 1.59. The number of carbonyl (C=O) groups is 1. The summed E-state index contributed by atoms with van der Waals surface area (Å²) in [5.74, 6) is 0.632. The molecule has 92 valence electrons. The number of methoxy groups -OCH3 is 1. The van der Waals surface area contributed by atoms with E-state index >= 15 is 0 Å². The molecule has 1 saturated heterocycles. The van der Waals surface area contributed by atoms with Crippen molar-refractivity contribution in [3.63, 3.8) is 0 Å². The predicted octanol–water partition coefficient (Wildman–Crippen LogP) is 0.310. The van der Waals surface area contributed by atoms with Crippen LogP contribution in [-0.2, 0) is 4.79 Å². The molecule has 2 N–H and O–H groups in total. The maximum Gasteiger partial charge on any atom is 0.238 e. The highest BCUT2D eigenvalue weighted by Gasteiger charge is 2.25. The zero-order valence-electron chi connectivity index (χ0n) is 9.72. The van der Waals surface area contributed by atoms with Gasteiger partial charge in [-0.25, -0.2) is 0 Å². The number of aliphatic hydroxyl groups is 1. The van der Waals surface area contributed by atoms with Crippen molar-refractivity contribution in [3.8, 4) is 5.75 Å². The number of nitrogens with zero attached hydrogens (tertiary/aromatic N) is 1. The molecule has 1 aromatic carbocycles. The first-order valence-corrected chi connectivity index (χ1v) is 5.51. The minimum atomic E-state index is -0.278. The third-order valence-electron chi connectivity index (χ3n) is 2.66. The van der Waals surface area contributed by atoms with Crippen LogP contribution in [0.5, 0.6) is 5.75 Å². The van der Waals surface area contributed by atoms with Crippen molar-refractivity contribution in [1.29, 1.82) is 0 Å².